The fourth-order valence-corrected chi connectivity index (χ4v) is 14.2. The number of rotatable bonds is 16. The molecule has 0 saturated carbocycles. The average Bonchev–Trinajstić information content (AvgIpc) is 2.74. The van der Waals surface area contributed by atoms with Gasteiger partial charge in [0.1, 0.15) is 0 Å². The van der Waals surface area contributed by atoms with Gasteiger partial charge in [0.2, 0.25) is 0 Å². The topological polar surface area (TPSA) is 80.7 Å². The number of benzene rings is 1. The average molecular weight is 461 g/mol. The Bertz CT molecular complexity index is 732. The van der Waals surface area contributed by atoms with E-state index in [1.807, 2.05) is 0 Å². The van der Waals surface area contributed by atoms with Crippen LogP contribution >= 0.6 is 6.83 Å². The Kier molecular flexibility index (Phi) is 11.0. The van der Waals surface area contributed by atoms with Gasteiger partial charge in [0.05, 0.1) is 0 Å². The van der Waals surface area contributed by atoms with Crippen LogP contribution in [0.1, 0.15) is 89.4 Å². The van der Waals surface area contributed by atoms with Gasteiger partial charge in [-0.15, -0.1) is 0 Å². The summed E-state index contributed by atoms with van der Waals surface area (Å²) in [6.45, 7) is 5.51. The van der Waals surface area contributed by atoms with Crippen molar-refractivity contribution in [2.24, 2.45) is 0 Å². The number of hydrogen-bond acceptors (Lipinski definition) is 4. The van der Waals surface area contributed by atoms with Crippen molar-refractivity contribution < 1.29 is 22.3 Å². The third kappa shape index (κ3) is 7.32. The van der Waals surface area contributed by atoms with E-state index in [4.69, 9.17) is 3.97 Å². The van der Waals surface area contributed by atoms with Gasteiger partial charge in [-0.25, -0.2) is 0 Å². The Hall–Kier alpha value is -0.970. The van der Waals surface area contributed by atoms with Crippen LogP contribution in [0.4, 0.5) is 0 Å². The third-order valence-corrected chi connectivity index (χ3v) is 15.1. The summed E-state index contributed by atoms with van der Waals surface area (Å²) in [5.74, 6) is -1.14. The van der Waals surface area contributed by atoms with Crippen LogP contribution in [0, 0.1) is 0 Å². The molecule has 0 aliphatic carbocycles. The monoisotopic (exact) mass is 460 g/mol. The summed E-state index contributed by atoms with van der Waals surface area (Å²) in [5, 5.41) is 9.30. The zero-order chi connectivity index (χ0) is 22.7. The summed E-state index contributed by atoms with van der Waals surface area (Å²) in [6, 6.07) is 5.56. The van der Waals surface area contributed by atoms with Gasteiger partial charge in [0.25, 0.3) is 0 Å². The predicted octanol–water partition coefficient (Wildman–Crippen LogP) is 6.76. The van der Waals surface area contributed by atoms with Crippen LogP contribution in [-0.2, 0) is 14.1 Å². The van der Waals surface area contributed by atoms with E-state index in [2.05, 4.69) is 27.7 Å². The van der Waals surface area contributed by atoms with Gasteiger partial charge >= 0.3 is 184 Å². The maximum absolute atomic E-state index is 13.5. The molecule has 1 rings (SSSR count). The molecule has 0 unspecified atom stereocenters. The minimum atomic E-state index is -4.06. The summed E-state index contributed by atoms with van der Waals surface area (Å²) < 4.78 is 33.4. The number of hydrogen-bond donors (Lipinski definition) is 1. The molecule has 0 heterocycles. The van der Waals surface area contributed by atoms with Crippen LogP contribution < -0.4 is 0 Å². The zero-order valence-corrected chi connectivity index (χ0v) is 20.9. The zero-order valence-electron chi connectivity index (χ0n) is 19.2. The molecule has 0 saturated heterocycles. The summed E-state index contributed by atoms with van der Waals surface area (Å²) in [7, 11) is -4.06. The molecule has 1 aromatic rings. The Balaban J connectivity index is 3.55. The van der Waals surface area contributed by atoms with Crippen molar-refractivity contribution in [1.82, 2.24) is 0 Å². The molecule has 0 aliphatic rings. The van der Waals surface area contributed by atoms with Crippen molar-refractivity contribution in [2.45, 2.75) is 84.0 Å². The molecule has 7 heteroatoms. The van der Waals surface area contributed by atoms with E-state index in [9.17, 15) is 18.3 Å². The third-order valence-electron chi connectivity index (χ3n) is 5.99. The van der Waals surface area contributed by atoms with Crippen molar-refractivity contribution in [3.63, 3.8) is 0 Å². The van der Waals surface area contributed by atoms with E-state index < -0.39 is 22.9 Å². The molecule has 1 N–H and O–H groups in total. The molecule has 174 valence electrons. The van der Waals surface area contributed by atoms with Gasteiger partial charge < -0.3 is 0 Å². The van der Waals surface area contributed by atoms with Crippen LogP contribution in [0.25, 0.3) is 0 Å². The second kappa shape index (κ2) is 12.2. The van der Waals surface area contributed by atoms with Gasteiger partial charge in [-0.2, -0.15) is 0 Å². The summed E-state index contributed by atoms with van der Waals surface area (Å²) in [6.07, 6.45) is 11.2. The maximum atomic E-state index is 13.5. The summed E-state index contributed by atoms with van der Waals surface area (Å²) in [4.78, 5) is 11.3. The van der Waals surface area contributed by atoms with Crippen LogP contribution in [0.2, 0.25) is 0 Å². The molecule has 0 aromatic heterocycles. The fraction of sp³-hybridized carbons (Fsp3) is 0.696. The Morgan fingerprint density at radius 1 is 0.867 bits per heavy atom. The van der Waals surface area contributed by atoms with Crippen molar-refractivity contribution in [3.8, 4) is 0 Å². The molecule has 1 aromatic carbocycles. The van der Waals surface area contributed by atoms with Crippen LogP contribution in [0.3, 0.4) is 0 Å². The summed E-state index contributed by atoms with van der Waals surface area (Å²) in [5.41, 5.74) is -0.0378. The number of carboxylic acid groups (broad SMARTS) is 1. The fourth-order valence-electron chi connectivity index (χ4n) is 4.16. The molecular formula is C23H41O5PS. The molecule has 0 amide bonds. The normalized spacial score (nSPS) is 13.7. The predicted molar refractivity (Wildman–Crippen MR) is 128 cm³/mol. The molecular weight excluding hydrogens is 419 g/mol. The van der Waals surface area contributed by atoms with E-state index >= 15 is 0 Å². The van der Waals surface area contributed by atoms with Crippen LogP contribution in [-0.4, -0.2) is 44.1 Å². The first-order valence-electron chi connectivity index (χ1n) is 11.5. The van der Waals surface area contributed by atoms with Crippen molar-refractivity contribution >= 4 is 22.9 Å². The second-order valence-corrected chi connectivity index (χ2v) is 16.0. The first-order chi connectivity index (χ1) is 14.2. The van der Waals surface area contributed by atoms with Crippen LogP contribution in [0.15, 0.2) is 29.2 Å². The molecule has 30 heavy (non-hydrogen) atoms. The standard InChI is InChI=1S/C23H41O5PS/c1-5-9-16-29(17-10-6-2,18-11-7-3,19-12-8-4)28-30(26,27)22-15-13-14-21(20-22)23(24)25/h13-15,20H,5-12,16-19H2,1-4H3,(H,24,25). The Labute approximate surface area is 183 Å². The van der Waals surface area contributed by atoms with Crippen molar-refractivity contribution in [1.29, 1.82) is 0 Å². The molecule has 0 fully saturated rings. The Morgan fingerprint density at radius 3 is 1.67 bits per heavy atom. The number of carbonyl (C=O) groups is 1. The van der Waals surface area contributed by atoms with E-state index in [0.717, 1.165) is 76.0 Å². The number of carboxylic acids is 1. The first kappa shape index (κ1) is 27.1. The quantitative estimate of drug-likeness (QED) is 0.276. The van der Waals surface area contributed by atoms with Gasteiger partial charge in [0, 0.05) is 0 Å². The molecule has 0 spiro atoms. The molecule has 0 atom stereocenters. The molecule has 5 nitrogen and oxygen atoms in total. The SMILES string of the molecule is CCCCP(CCCC)(CCCC)(CCCC)OS(=O)(=O)c1cccc(C(=O)O)c1. The van der Waals surface area contributed by atoms with Gasteiger partial charge in [-0.05, 0) is 0 Å². The van der Waals surface area contributed by atoms with E-state index in [1.165, 1.54) is 24.3 Å². The second-order valence-electron chi connectivity index (χ2n) is 8.53. The molecule has 0 aliphatic heterocycles. The first-order valence-corrected chi connectivity index (χ1v) is 15.8. The molecule has 0 radical (unpaired) electrons. The van der Waals surface area contributed by atoms with E-state index in [-0.39, 0.29) is 10.5 Å². The summed E-state index contributed by atoms with van der Waals surface area (Å²) >= 11 is 0. The number of unbranched alkanes of at least 4 members (excludes halogenated alkanes) is 4. The minimum absolute atomic E-state index is 0.0378. The Morgan fingerprint density at radius 2 is 1.30 bits per heavy atom. The number of aromatic carboxylic acids is 1. The van der Waals surface area contributed by atoms with Crippen molar-refractivity contribution in [2.75, 3.05) is 24.6 Å². The van der Waals surface area contributed by atoms with Gasteiger partial charge in [-0.1, -0.05) is 0 Å². The van der Waals surface area contributed by atoms with Gasteiger partial charge in [-0.3, -0.25) is 0 Å². The van der Waals surface area contributed by atoms with Gasteiger partial charge in [0.15, 0.2) is 0 Å². The van der Waals surface area contributed by atoms with Crippen LogP contribution in [0.5, 0.6) is 0 Å². The molecule has 0 bridgehead atoms. The van der Waals surface area contributed by atoms with Crippen molar-refractivity contribution in [3.05, 3.63) is 29.8 Å². The van der Waals surface area contributed by atoms with E-state index in [0.29, 0.717) is 0 Å². The van der Waals surface area contributed by atoms with E-state index in [1.54, 1.807) is 0 Å².